The lowest BCUT2D eigenvalue weighted by molar-refractivity contribution is -0.154. The zero-order valence-electron chi connectivity index (χ0n) is 8.89. The quantitative estimate of drug-likeness (QED) is 0.386. The summed E-state index contributed by atoms with van der Waals surface area (Å²) in [5, 5.41) is 9.98. The van der Waals surface area contributed by atoms with E-state index in [0.29, 0.717) is 0 Å². The van der Waals surface area contributed by atoms with Gasteiger partial charge in [-0.3, -0.25) is 10.2 Å². The molecule has 0 fully saturated rings. The van der Waals surface area contributed by atoms with Gasteiger partial charge in [-0.25, -0.2) is 0 Å². The van der Waals surface area contributed by atoms with Crippen LogP contribution in [-0.2, 0) is 9.53 Å². The van der Waals surface area contributed by atoms with Crippen molar-refractivity contribution in [2.24, 2.45) is 5.41 Å². The summed E-state index contributed by atoms with van der Waals surface area (Å²) >= 11 is 0. The van der Waals surface area contributed by atoms with Crippen LogP contribution in [0.2, 0.25) is 0 Å². The van der Waals surface area contributed by atoms with Crippen molar-refractivity contribution < 1.29 is 9.53 Å². The van der Waals surface area contributed by atoms with Crippen molar-refractivity contribution in [1.29, 1.82) is 5.41 Å². The summed E-state index contributed by atoms with van der Waals surface area (Å²) in [4.78, 5) is 11.3. The summed E-state index contributed by atoms with van der Waals surface area (Å²) in [7, 11) is 1.63. The minimum absolute atomic E-state index is 0.206. The molecule has 0 aromatic heterocycles. The Morgan fingerprint density at radius 1 is 1.46 bits per heavy atom. The van der Waals surface area contributed by atoms with Gasteiger partial charge < -0.3 is 10.1 Å². The fraction of sp³-hybridized carbons (Fsp3) is 0.778. The number of carbonyl (C=O) groups is 1. The van der Waals surface area contributed by atoms with Gasteiger partial charge >= 0.3 is 5.97 Å². The van der Waals surface area contributed by atoms with E-state index in [1.54, 1.807) is 34.7 Å². The molecule has 0 amide bonds. The van der Waals surface area contributed by atoms with E-state index in [0.717, 1.165) is 0 Å². The van der Waals surface area contributed by atoms with Crippen molar-refractivity contribution in [2.75, 3.05) is 7.05 Å². The first kappa shape index (κ1) is 11.9. The Hall–Kier alpha value is -1.06. The Balaban J connectivity index is 4.15. The summed E-state index contributed by atoms with van der Waals surface area (Å²) in [6, 6.07) is 0. The average Bonchev–Trinajstić information content (AvgIpc) is 2.01. The molecule has 0 unspecified atom stereocenters. The lowest BCUT2D eigenvalue weighted by Crippen LogP contribution is -2.36. The first-order chi connectivity index (χ1) is 5.79. The number of hydrogen-bond acceptors (Lipinski definition) is 3. The molecule has 0 spiro atoms. The maximum Gasteiger partial charge on any atom is 0.311 e. The van der Waals surface area contributed by atoms with Gasteiger partial charge in [0.05, 0.1) is 5.41 Å². The highest BCUT2D eigenvalue weighted by atomic mass is 16.5. The molecule has 0 aliphatic heterocycles. The molecule has 0 aliphatic rings. The molecule has 2 N–H and O–H groups in total. The molecular formula is C9H18N2O2. The van der Waals surface area contributed by atoms with Crippen LogP contribution in [0.5, 0.6) is 0 Å². The van der Waals surface area contributed by atoms with Crippen LogP contribution in [0.15, 0.2) is 0 Å². The van der Waals surface area contributed by atoms with E-state index in [2.05, 4.69) is 5.32 Å². The fourth-order valence-electron chi connectivity index (χ4n) is 0.600. The second-order valence-electron chi connectivity index (χ2n) is 3.96. The van der Waals surface area contributed by atoms with Crippen molar-refractivity contribution in [3.05, 3.63) is 0 Å². The van der Waals surface area contributed by atoms with Gasteiger partial charge in [0.2, 0.25) is 0 Å². The molecule has 13 heavy (non-hydrogen) atoms. The molecule has 0 saturated carbocycles. The monoisotopic (exact) mass is 186 g/mol. The van der Waals surface area contributed by atoms with Crippen LogP contribution in [0, 0.1) is 10.8 Å². The molecule has 4 nitrogen and oxygen atoms in total. The number of amidine groups is 1. The SMILES string of the molecule is CNC(=N)[C@@H](C)OC(=O)C(C)(C)C. The van der Waals surface area contributed by atoms with Crippen LogP contribution in [0.25, 0.3) is 0 Å². The minimum atomic E-state index is -0.512. The number of carbonyl (C=O) groups excluding carboxylic acids is 1. The molecule has 76 valence electrons. The largest absolute Gasteiger partial charge is 0.454 e. The highest BCUT2D eigenvalue weighted by Gasteiger charge is 2.25. The van der Waals surface area contributed by atoms with Crippen LogP contribution in [0.1, 0.15) is 27.7 Å². The Bertz CT molecular complexity index is 206. The van der Waals surface area contributed by atoms with Crippen molar-refractivity contribution >= 4 is 11.8 Å². The zero-order valence-corrected chi connectivity index (χ0v) is 8.89. The molecule has 0 aromatic rings. The third-order valence-corrected chi connectivity index (χ3v) is 1.57. The molecular weight excluding hydrogens is 168 g/mol. The van der Waals surface area contributed by atoms with Crippen LogP contribution >= 0.6 is 0 Å². The number of likely N-dealkylation sites (N-methyl/N-ethyl adjacent to an activating group) is 1. The summed E-state index contributed by atoms with van der Waals surface area (Å²) in [5.74, 6) is -0.0856. The number of ether oxygens (including phenoxy) is 1. The minimum Gasteiger partial charge on any atom is -0.454 e. The van der Waals surface area contributed by atoms with Gasteiger partial charge in [-0.1, -0.05) is 0 Å². The smallest absolute Gasteiger partial charge is 0.311 e. The molecule has 0 saturated heterocycles. The highest BCUT2D eigenvalue weighted by molar-refractivity contribution is 5.86. The van der Waals surface area contributed by atoms with Gasteiger partial charge in [-0.2, -0.15) is 0 Å². The summed E-state index contributed by atoms with van der Waals surface area (Å²) in [6.07, 6.45) is -0.503. The van der Waals surface area contributed by atoms with E-state index in [-0.39, 0.29) is 11.8 Å². The number of hydrogen-bond donors (Lipinski definition) is 2. The summed E-state index contributed by atoms with van der Waals surface area (Å²) < 4.78 is 5.04. The van der Waals surface area contributed by atoms with Crippen LogP contribution < -0.4 is 5.32 Å². The average molecular weight is 186 g/mol. The van der Waals surface area contributed by atoms with E-state index in [1.807, 2.05) is 0 Å². The summed E-state index contributed by atoms with van der Waals surface area (Å²) in [5.41, 5.74) is -0.512. The van der Waals surface area contributed by atoms with Gasteiger partial charge in [-0.15, -0.1) is 0 Å². The molecule has 1 atom stereocenters. The van der Waals surface area contributed by atoms with E-state index in [1.165, 1.54) is 0 Å². The van der Waals surface area contributed by atoms with Crippen molar-refractivity contribution in [1.82, 2.24) is 5.32 Å². The second-order valence-corrected chi connectivity index (χ2v) is 3.96. The van der Waals surface area contributed by atoms with E-state index in [4.69, 9.17) is 10.1 Å². The number of nitrogens with one attached hydrogen (secondary N) is 2. The van der Waals surface area contributed by atoms with Gasteiger partial charge in [0.25, 0.3) is 0 Å². The van der Waals surface area contributed by atoms with Crippen molar-refractivity contribution in [3.63, 3.8) is 0 Å². The van der Waals surface area contributed by atoms with Gasteiger partial charge in [0.15, 0.2) is 6.10 Å². The molecule has 0 bridgehead atoms. The highest BCUT2D eigenvalue weighted by Crippen LogP contribution is 2.16. The van der Waals surface area contributed by atoms with E-state index < -0.39 is 11.5 Å². The predicted octanol–water partition coefficient (Wildman–Crippen LogP) is 1.16. The third-order valence-electron chi connectivity index (χ3n) is 1.57. The van der Waals surface area contributed by atoms with E-state index in [9.17, 15) is 4.79 Å². The van der Waals surface area contributed by atoms with Gasteiger partial charge in [-0.05, 0) is 27.7 Å². The van der Waals surface area contributed by atoms with Crippen molar-refractivity contribution in [2.45, 2.75) is 33.8 Å². The lowest BCUT2D eigenvalue weighted by Gasteiger charge is -2.20. The standard InChI is InChI=1S/C9H18N2O2/c1-6(7(10)11-5)13-8(12)9(2,3)4/h6H,1-5H3,(H2,10,11)/t6-/m1/s1. The van der Waals surface area contributed by atoms with Crippen molar-refractivity contribution in [3.8, 4) is 0 Å². The number of rotatable bonds is 2. The second kappa shape index (κ2) is 4.25. The molecule has 0 rings (SSSR count). The predicted molar refractivity (Wildman–Crippen MR) is 51.8 cm³/mol. The lowest BCUT2D eigenvalue weighted by atomic mass is 9.97. The Kier molecular flexibility index (Phi) is 3.91. The third kappa shape index (κ3) is 3.92. The molecule has 4 heteroatoms. The number of esters is 1. The molecule has 0 aromatic carbocycles. The van der Waals surface area contributed by atoms with Crippen LogP contribution in [0.4, 0.5) is 0 Å². The van der Waals surface area contributed by atoms with Crippen LogP contribution in [0.3, 0.4) is 0 Å². The first-order valence-corrected chi connectivity index (χ1v) is 4.26. The zero-order chi connectivity index (χ0) is 10.6. The van der Waals surface area contributed by atoms with Gasteiger partial charge in [0, 0.05) is 7.05 Å². The fourth-order valence-corrected chi connectivity index (χ4v) is 0.600. The topological polar surface area (TPSA) is 62.2 Å². The molecule has 0 radical (unpaired) electrons. The molecule has 0 aliphatic carbocycles. The van der Waals surface area contributed by atoms with Gasteiger partial charge in [0.1, 0.15) is 5.84 Å². The first-order valence-electron chi connectivity index (χ1n) is 4.26. The van der Waals surface area contributed by atoms with E-state index >= 15 is 0 Å². The Morgan fingerprint density at radius 2 is 1.92 bits per heavy atom. The normalized spacial score (nSPS) is 13.3. The maximum atomic E-state index is 11.3. The molecule has 0 heterocycles. The Morgan fingerprint density at radius 3 is 2.23 bits per heavy atom. The Labute approximate surface area is 79.2 Å². The van der Waals surface area contributed by atoms with Crippen LogP contribution in [-0.4, -0.2) is 25.0 Å². The maximum absolute atomic E-state index is 11.3. The summed E-state index contributed by atoms with van der Waals surface area (Å²) in [6.45, 7) is 7.02.